The molecule has 90 valence electrons. The molecule has 3 N–H and O–H groups in total. The Balaban J connectivity index is 2.71. The number of anilines is 1. The third-order valence-corrected chi connectivity index (χ3v) is 2.68. The van der Waals surface area contributed by atoms with Gasteiger partial charge in [-0.3, -0.25) is 9.89 Å². The fraction of sp³-hybridized carbons (Fsp3) is 0.636. The highest BCUT2D eigenvalue weighted by atomic mass is 16.2. The van der Waals surface area contributed by atoms with E-state index in [2.05, 4.69) is 24.0 Å². The molecule has 5 nitrogen and oxygen atoms in total. The maximum atomic E-state index is 12.0. The molecule has 1 aromatic heterocycles. The number of hydrogen-bond acceptors (Lipinski definition) is 3. The summed E-state index contributed by atoms with van der Waals surface area (Å²) in [5.41, 5.74) is 6.41. The van der Waals surface area contributed by atoms with Crippen LogP contribution in [0.3, 0.4) is 0 Å². The van der Waals surface area contributed by atoms with Crippen molar-refractivity contribution < 1.29 is 4.79 Å². The molecule has 0 aromatic carbocycles. The predicted molar refractivity (Wildman–Crippen MR) is 64.0 cm³/mol. The first-order chi connectivity index (χ1) is 7.43. The molecule has 16 heavy (non-hydrogen) atoms. The summed E-state index contributed by atoms with van der Waals surface area (Å²) in [5, 5.41) is 6.38. The molecule has 1 rings (SSSR count). The van der Waals surface area contributed by atoms with Crippen molar-refractivity contribution in [2.75, 3.05) is 12.8 Å². The third-order valence-electron chi connectivity index (χ3n) is 2.68. The van der Waals surface area contributed by atoms with Crippen molar-refractivity contribution in [3.8, 4) is 0 Å². The normalized spacial score (nSPS) is 12.8. The van der Waals surface area contributed by atoms with Crippen molar-refractivity contribution in [3.05, 3.63) is 11.9 Å². The molecule has 0 bridgehead atoms. The van der Waals surface area contributed by atoms with Gasteiger partial charge in [0.15, 0.2) is 0 Å². The number of aromatic amines is 1. The Bertz CT molecular complexity index is 359. The number of hydrogen-bond donors (Lipinski definition) is 2. The van der Waals surface area contributed by atoms with Gasteiger partial charge < -0.3 is 10.6 Å². The Morgan fingerprint density at radius 2 is 2.19 bits per heavy atom. The number of nitrogens with one attached hydrogen (secondary N) is 1. The van der Waals surface area contributed by atoms with Crippen LogP contribution in [0.15, 0.2) is 6.20 Å². The first kappa shape index (κ1) is 12.5. The standard InChI is InChI=1S/C11H20N4O/c1-7(2)5-8(3)15(4)11(16)10-9(12)6-13-14-10/h6-8H,5,12H2,1-4H3,(H,13,14). The molecule has 0 spiro atoms. The minimum atomic E-state index is -0.108. The summed E-state index contributed by atoms with van der Waals surface area (Å²) in [6.45, 7) is 6.31. The van der Waals surface area contributed by atoms with Gasteiger partial charge in [0.25, 0.3) is 5.91 Å². The molecule has 0 fully saturated rings. The lowest BCUT2D eigenvalue weighted by molar-refractivity contribution is 0.0723. The molecule has 1 aromatic rings. The van der Waals surface area contributed by atoms with Crippen molar-refractivity contribution >= 4 is 11.6 Å². The molecule has 1 heterocycles. The van der Waals surface area contributed by atoms with Crippen LogP contribution in [0.4, 0.5) is 5.69 Å². The Hall–Kier alpha value is -1.52. The first-order valence-corrected chi connectivity index (χ1v) is 5.49. The van der Waals surface area contributed by atoms with Crippen LogP contribution >= 0.6 is 0 Å². The van der Waals surface area contributed by atoms with Crippen molar-refractivity contribution in [1.82, 2.24) is 15.1 Å². The molecular weight excluding hydrogens is 204 g/mol. The van der Waals surface area contributed by atoms with E-state index in [1.807, 2.05) is 6.92 Å². The Morgan fingerprint density at radius 1 is 1.56 bits per heavy atom. The van der Waals surface area contributed by atoms with Crippen LogP contribution in [-0.4, -0.2) is 34.1 Å². The molecule has 5 heteroatoms. The van der Waals surface area contributed by atoms with Gasteiger partial charge in [0.1, 0.15) is 5.69 Å². The third kappa shape index (κ3) is 2.74. The highest BCUT2D eigenvalue weighted by molar-refractivity contribution is 5.96. The van der Waals surface area contributed by atoms with E-state index in [-0.39, 0.29) is 11.9 Å². The van der Waals surface area contributed by atoms with Crippen molar-refractivity contribution in [2.24, 2.45) is 5.92 Å². The van der Waals surface area contributed by atoms with Gasteiger partial charge in [0.05, 0.1) is 11.9 Å². The second kappa shape index (κ2) is 5.01. The number of rotatable bonds is 4. The number of amides is 1. The molecule has 0 aliphatic heterocycles. The van der Waals surface area contributed by atoms with E-state index in [9.17, 15) is 4.79 Å². The van der Waals surface area contributed by atoms with E-state index in [0.717, 1.165) is 6.42 Å². The lowest BCUT2D eigenvalue weighted by Gasteiger charge is -2.25. The number of H-pyrrole nitrogens is 1. The van der Waals surface area contributed by atoms with Gasteiger partial charge in [-0.15, -0.1) is 0 Å². The van der Waals surface area contributed by atoms with Gasteiger partial charge in [-0.05, 0) is 19.3 Å². The maximum Gasteiger partial charge on any atom is 0.273 e. The second-order valence-corrected chi connectivity index (χ2v) is 4.59. The Kier molecular flexibility index (Phi) is 3.93. The molecular formula is C11H20N4O. The summed E-state index contributed by atoms with van der Waals surface area (Å²) < 4.78 is 0. The average molecular weight is 224 g/mol. The van der Waals surface area contributed by atoms with Crippen LogP contribution in [0.2, 0.25) is 0 Å². The molecule has 0 aliphatic rings. The van der Waals surface area contributed by atoms with E-state index in [1.165, 1.54) is 6.20 Å². The maximum absolute atomic E-state index is 12.0. The number of aromatic nitrogens is 2. The van der Waals surface area contributed by atoms with Gasteiger partial charge >= 0.3 is 0 Å². The van der Waals surface area contributed by atoms with E-state index in [1.54, 1.807) is 11.9 Å². The highest BCUT2D eigenvalue weighted by Gasteiger charge is 2.21. The molecule has 1 amide bonds. The first-order valence-electron chi connectivity index (χ1n) is 5.49. The Morgan fingerprint density at radius 3 is 2.62 bits per heavy atom. The lowest BCUT2D eigenvalue weighted by atomic mass is 10.0. The fourth-order valence-corrected chi connectivity index (χ4v) is 1.68. The fourth-order valence-electron chi connectivity index (χ4n) is 1.68. The van der Waals surface area contributed by atoms with E-state index in [4.69, 9.17) is 5.73 Å². The van der Waals surface area contributed by atoms with Gasteiger partial charge in [-0.2, -0.15) is 5.10 Å². The van der Waals surface area contributed by atoms with Crippen LogP contribution < -0.4 is 5.73 Å². The van der Waals surface area contributed by atoms with Crippen LogP contribution in [0.5, 0.6) is 0 Å². The zero-order chi connectivity index (χ0) is 12.3. The number of nitrogen functional groups attached to an aromatic ring is 1. The smallest absolute Gasteiger partial charge is 0.273 e. The summed E-state index contributed by atoms with van der Waals surface area (Å²) in [6, 6.07) is 0.190. The van der Waals surface area contributed by atoms with Crippen LogP contribution in [0.1, 0.15) is 37.7 Å². The lowest BCUT2D eigenvalue weighted by Crippen LogP contribution is -2.36. The van der Waals surface area contributed by atoms with Crippen molar-refractivity contribution in [3.63, 3.8) is 0 Å². The van der Waals surface area contributed by atoms with E-state index < -0.39 is 0 Å². The van der Waals surface area contributed by atoms with Crippen LogP contribution in [0, 0.1) is 5.92 Å². The molecule has 0 radical (unpaired) electrons. The van der Waals surface area contributed by atoms with Gasteiger partial charge in [0, 0.05) is 13.1 Å². The summed E-state index contributed by atoms with van der Waals surface area (Å²) in [5.74, 6) is 0.451. The number of nitrogens with two attached hydrogens (primary N) is 1. The predicted octanol–water partition coefficient (Wildman–Crippen LogP) is 1.50. The largest absolute Gasteiger partial charge is 0.396 e. The van der Waals surface area contributed by atoms with Gasteiger partial charge in [-0.1, -0.05) is 13.8 Å². The number of nitrogens with zero attached hydrogens (tertiary/aromatic N) is 2. The van der Waals surface area contributed by atoms with E-state index in [0.29, 0.717) is 17.3 Å². The molecule has 0 saturated carbocycles. The summed E-state index contributed by atoms with van der Waals surface area (Å²) in [4.78, 5) is 13.7. The second-order valence-electron chi connectivity index (χ2n) is 4.59. The van der Waals surface area contributed by atoms with E-state index >= 15 is 0 Å². The highest BCUT2D eigenvalue weighted by Crippen LogP contribution is 2.14. The van der Waals surface area contributed by atoms with Crippen molar-refractivity contribution in [2.45, 2.75) is 33.2 Å². The Labute approximate surface area is 96.0 Å². The minimum absolute atomic E-state index is 0.108. The summed E-state index contributed by atoms with van der Waals surface area (Å²) >= 11 is 0. The van der Waals surface area contributed by atoms with Crippen LogP contribution in [-0.2, 0) is 0 Å². The van der Waals surface area contributed by atoms with Crippen molar-refractivity contribution in [1.29, 1.82) is 0 Å². The number of carbonyl (C=O) groups is 1. The monoisotopic (exact) mass is 224 g/mol. The topological polar surface area (TPSA) is 75.0 Å². The van der Waals surface area contributed by atoms with Gasteiger partial charge in [-0.25, -0.2) is 0 Å². The molecule has 0 saturated heterocycles. The minimum Gasteiger partial charge on any atom is -0.396 e. The van der Waals surface area contributed by atoms with Gasteiger partial charge in [0.2, 0.25) is 0 Å². The summed E-state index contributed by atoms with van der Waals surface area (Å²) in [6.07, 6.45) is 2.42. The number of carbonyl (C=O) groups excluding carboxylic acids is 1. The molecule has 0 aliphatic carbocycles. The quantitative estimate of drug-likeness (QED) is 0.813. The zero-order valence-corrected chi connectivity index (χ0v) is 10.3. The average Bonchev–Trinajstić information content (AvgIpc) is 2.61. The molecule has 1 atom stereocenters. The molecule has 1 unspecified atom stereocenters. The summed E-state index contributed by atoms with van der Waals surface area (Å²) in [7, 11) is 1.79. The zero-order valence-electron chi connectivity index (χ0n) is 10.3. The van der Waals surface area contributed by atoms with Crippen LogP contribution in [0.25, 0.3) is 0 Å². The SMILES string of the molecule is CC(C)CC(C)N(C)C(=O)c1[nH]ncc1N.